The summed E-state index contributed by atoms with van der Waals surface area (Å²) in [5.74, 6) is -0.645. The highest BCUT2D eigenvalue weighted by atomic mass is 35.5. The molecule has 41 heavy (non-hydrogen) atoms. The van der Waals surface area contributed by atoms with Crippen LogP contribution >= 0.6 is 24.0 Å². The maximum absolute atomic E-state index is 14.8. The summed E-state index contributed by atoms with van der Waals surface area (Å²) in [6.07, 6.45) is -3.26. The van der Waals surface area contributed by atoms with Crippen molar-refractivity contribution in [1.82, 2.24) is 9.47 Å². The van der Waals surface area contributed by atoms with Crippen LogP contribution < -0.4 is 4.74 Å². The van der Waals surface area contributed by atoms with Gasteiger partial charge in [-0.1, -0.05) is 85.3 Å². The van der Waals surface area contributed by atoms with Crippen molar-refractivity contribution < 1.29 is 27.8 Å². The molecule has 4 aromatic rings. The van der Waals surface area contributed by atoms with Crippen molar-refractivity contribution in [3.63, 3.8) is 0 Å². The van der Waals surface area contributed by atoms with E-state index in [2.05, 4.69) is 0 Å². The number of fused-ring (bicyclic) bond motifs is 1. The number of aromatic nitrogens is 1. The molecule has 0 saturated heterocycles. The fourth-order valence-corrected chi connectivity index (χ4v) is 5.25. The van der Waals surface area contributed by atoms with E-state index in [0.717, 1.165) is 10.9 Å². The van der Waals surface area contributed by atoms with Gasteiger partial charge >= 0.3 is 12.1 Å². The Morgan fingerprint density at radius 2 is 1.61 bits per heavy atom. The maximum Gasteiger partial charge on any atom is 0.425 e. The van der Waals surface area contributed by atoms with Crippen LogP contribution in [-0.4, -0.2) is 45.9 Å². The van der Waals surface area contributed by atoms with Crippen LogP contribution in [0.15, 0.2) is 91.1 Å². The highest BCUT2D eigenvalue weighted by Gasteiger charge is 2.58. The van der Waals surface area contributed by atoms with Crippen molar-refractivity contribution in [2.75, 3.05) is 13.1 Å². The molecule has 0 saturated carbocycles. The average Bonchev–Trinajstić information content (AvgIpc) is 3.33. The number of hydrogen-bond acceptors (Lipinski definition) is 3. The smallest absolute Gasteiger partial charge is 0.425 e. The van der Waals surface area contributed by atoms with Crippen molar-refractivity contribution in [1.29, 1.82) is 0 Å². The Kier molecular flexibility index (Phi) is 10.8. The van der Waals surface area contributed by atoms with Crippen LogP contribution in [0, 0.1) is 0 Å². The molecule has 0 spiro atoms. The third kappa shape index (κ3) is 7.36. The number of aliphatic carboxylic acids is 1. The molecule has 3 aromatic carbocycles. The van der Waals surface area contributed by atoms with Crippen LogP contribution in [0.1, 0.15) is 37.3 Å². The molecule has 220 valence electrons. The van der Waals surface area contributed by atoms with Gasteiger partial charge in [-0.05, 0) is 48.6 Å². The van der Waals surface area contributed by atoms with Gasteiger partial charge in [0.25, 0.3) is 0 Å². The van der Waals surface area contributed by atoms with Gasteiger partial charge in [-0.2, -0.15) is 13.2 Å². The first-order valence-corrected chi connectivity index (χ1v) is 13.5. The van der Waals surface area contributed by atoms with Gasteiger partial charge < -0.3 is 14.4 Å². The zero-order valence-corrected chi connectivity index (χ0v) is 24.3. The Balaban J connectivity index is 0.00000462. The van der Waals surface area contributed by atoms with Crippen molar-refractivity contribution in [3.8, 4) is 5.75 Å². The summed E-state index contributed by atoms with van der Waals surface area (Å²) in [4.78, 5) is 9.76. The molecule has 0 radical (unpaired) electrons. The minimum absolute atomic E-state index is 0. The van der Waals surface area contributed by atoms with Gasteiger partial charge in [0.15, 0.2) is 0 Å². The second kappa shape index (κ2) is 13.6. The Labute approximate surface area is 248 Å². The molecule has 0 aliphatic carbocycles. The van der Waals surface area contributed by atoms with E-state index in [1.807, 2.05) is 37.3 Å². The monoisotopic (exact) mass is 608 g/mol. The van der Waals surface area contributed by atoms with Gasteiger partial charge in [-0.3, -0.25) is 9.69 Å². The Hall–Kier alpha value is -3.20. The Morgan fingerprint density at radius 1 is 0.976 bits per heavy atom. The molecule has 1 heterocycles. The second-order valence-electron chi connectivity index (χ2n) is 9.99. The number of hydrogen-bond donors (Lipinski definition) is 1. The molecule has 0 bridgehead atoms. The summed E-state index contributed by atoms with van der Waals surface area (Å²) in [5, 5.41) is 9.91. The van der Waals surface area contributed by atoms with Gasteiger partial charge in [0.2, 0.25) is 5.00 Å². The first-order valence-electron chi connectivity index (χ1n) is 13.1. The first-order chi connectivity index (χ1) is 19.0. The summed E-state index contributed by atoms with van der Waals surface area (Å²) >= 11 is 6.61. The topological polar surface area (TPSA) is 54.7 Å². The van der Waals surface area contributed by atoms with Crippen LogP contribution in [-0.2, 0) is 16.3 Å². The number of ether oxygens (including phenoxy) is 1. The van der Waals surface area contributed by atoms with Crippen molar-refractivity contribution in [2.24, 2.45) is 0 Å². The lowest BCUT2D eigenvalue weighted by molar-refractivity contribution is -0.207. The summed E-state index contributed by atoms with van der Waals surface area (Å²) in [6.45, 7) is 3.60. The van der Waals surface area contributed by atoms with E-state index in [1.54, 1.807) is 60.2 Å². The normalized spacial score (nSPS) is 14.7. The number of carboxylic acids is 1. The highest BCUT2D eigenvalue weighted by molar-refractivity contribution is 6.24. The number of alkyl halides is 4. The van der Waals surface area contributed by atoms with Gasteiger partial charge in [0.1, 0.15) is 12.3 Å². The van der Waals surface area contributed by atoms with Crippen molar-refractivity contribution >= 4 is 40.9 Å². The molecule has 1 aromatic heterocycles. The predicted molar refractivity (Wildman–Crippen MR) is 158 cm³/mol. The molecule has 4 rings (SSSR count). The maximum atomic E-state index is 14.8. The van der Waals surface area contributed by atoms with E-state index < -0.39 is 23.2 Å². The number of carboxylic acid groups (broad SMARTS) is 1. The molecule has 0 fully saturated rings. The standard InChI is InChI=1S/C31H32ClF3N2O3.ClH/c1-22(24-10-5-3-6-11-24)20-37(30(32,31(33,34)35)25-12-7-4-8-13-25)19-16-23(2)40-28-15-9-14-27-26(28)17-18-36(27)21-29(38)39;/h3-15,17-18,22-23H,16,19-21H2,1-2H3,(H,38,39);1H/t22?,23-,30?;/m0./s1. The van der Waals surface area contributed by atoms with Crippen molar-refractivity contribution in [2.45, 2.75) is 50.0 Å². The largest absolute Gasteiger partial charge is 0.490 e. The molecule has 10 heteroatoms. The van der Waals surface area contributed by atoms with Crippen LogP contribution in [0.4, 0.5) is 13.2 Å². The number of halogens is 5. The quantitative estimate of drug-likeness (QED) is 0.130. The van der Waals surface area contributed by atoms with E-state index in [9.17, 15) is 23.1 Å². The number of nitrogens with zero attached hydrogens (tertiary/aromatic N) is 2. The molecule has 0 aliphatic heterocycles. The van der Waals surface area contributed by atoms with Gasteiger partial charge in [0, 0.05) is 24.7 Å². The lowest BCUT2D eigenvalue weighted by Gasteiger charge is -2.42. The molecule has 2 unspecified atom stereocenters. The number of rotatable bonds is 12. The van der Waals surface area contributed by atoms with Crippen molar-refractivity contribution in [3.05, 3.63) is 102 Å². The number of carbonyl (C=O) groups is 1. The molecule has 1 N–H and O–H groups in total. The second-order valence-corrected chi connectivity index (χ2v) is 10.5. The molecule has 5 nitrogen and oxygen atoms in total. The molecule has 0 amide bonds. The third-order valence-electron chi connectivity index (χ3n) is 7.04. The Morgan fingerprint density at radius 3 is 2.22 bits per heavy atom. The first kappa shape index (κ1) is 32.3. The summed E-state index contributed by atoms with van der Waals surface area (Å²) in [5.41, 5.74) is 1.58. The third-order valence-corrected chi connectivity index (χ3v) is 7.72. The van der Waals surface area contributed by atoms with Crippen LogP contribution in [0.2, 0.25) is 0 Å². The Bertz CT molecular complexity index is 1420. The fourth-order valence-electron chi connectivity index (χ4n) is 4.97. The van der Waals surface area contributed by atoms with Gasteiger partial charge in [-0.15, -0.1) is 12.4 Å². The zero-order valence-electron chi connectivity index (χ0n) is 22.7. The van der Waals surface area contributed by atoms with E-state index in [4.69, 9.17) is 16.3 Å². The van der Waals surface area contributed by atoms with Gasteiger partial charge in [0.05, 0.1) is 11.6 Å². The highest BCUT2D eigenvalue weighted by Crippen LogP contribution is 2.48. The molecule has 0 aliphatic rings. The summed E-state index contributed by atoms with van der Waals surface area (Å²) < 4.78 is 52.1. The minimum atomic E-state index is -4.75. The molecule has 3 atom stereocenters. The average molecular weight is 610 g/mol. The van der Waals surface area contributed by atoms with Crippen LogP contribution in [0.5, 0.6) is 5.75 Å². The number of benzene rings is 3. The lowest BCUT2D eigenvalue weighted by atomic mass is 9.97. The zero-order chi connectivity index (χ0) is 28.9. The summed E-state index contributed by atoms with van der Waals surface area (Å²) in [6, 6.07) is 24.1. The van der Waals surface area contributed by atoms with Gasteiger partial charge in [-0.25, -0.2) is 0 Å². The molecular weight excluding hydrogens is 576 g/mol. The minimum Gasteiger partial charge on any atom is -0.490 e. The fraction of sp³-hybridized carbons (Fsp3) is 0.323. The van der Waals surface area contributed by atoms with E-state index in [1.165, 1.54) is 17.0 Å². The predicted octanol–water partition coefficient (Wildman–Crippen LogP) is 8.06. The van der Waals surface area contributed by atoms with E-state index in [-0.39, 0.29) is 49.9 Å². The van der Waals surface area contributed by atoms with Crippen LogP contribution in [0.3, 0.4) is 0 Å². The SMILES string of the molecule is CC(CN(CC[C@H](C)Oc1cccc2c1ccn2CC(=O)O)C(Cl)(c1ccccc1)C(F)(F)F)c1ccccc1.Cl. The molecular formula is C31H33Cl2F3N2O3. The van der Waals surface area contributed by atoms with E-state index >= 15 is 0 Å². The van der Waals surface area contributed by atoms with E-state index in [0.29, 0.717) is 11.3 Å². The summed E-state index contributed by atoms with van der Waals surface area (Å²) in [7, 11) is 0. The van der Waals surface area contributed by atoms with Crippen LogP contribution in [0.25, 0.3) is 10.9 Å². The lowest BCUT2D eigenvalue weighted by Crippen LogP contribution is -2.54.